The van der Waals surface area contributed by atoms with Crippen LogP contribution in [0.1, 0.15) is 40.0 Å². The SMILES string of the molecule is CC(C)(C)OC(=O)N1CCC(N)(C(=O)O)C2(CC2)C1. The summed E-state index contributed by atoms with van der Waals surface area (Å²) in [5.41, 5.74) is 3.84. The molecule has 1 saturated heterocycles. The molecule has 1 amide bonds. The molecule has 0 radical (unpaired) electrons. The number of carboxylic acids is 1. The minimum absolute atomic E-state index is 0.279. The third-order valence-electron chi connectivity index (χ3n) is 4.10. The summed E-state index contributed by atoms with van der Waals surface area (Å²) in [5.74, 6) is -0.964. The average Bonchev–Trinajstić information content (AvgIpc) is 3.01. The van der Waals surface area contributed by atoms with Gasteiger partial charge in [-0.2, -0.15) is 0 Å². The van der Waals surface area contributed by atoms with Crippen LogP contribution in [-0.2, 0) is 9.53 Å². The van der Waals surface area contributed by atoms with E-state index in [9.17, 15) is 14.7 Å². The molecule has 0 bridgehead atoms. The third kappa shape index (κ3) is 2.41. The van der Waals surface area contributed by atoms with E-state index in [1.54, 1.807) is 4.90 Å². The Labute approximate surface area is 112 Å². The van der Waals surface area contributed by atoms with Crippen molar-refractivity contribution < 1.29 is 19.4 Å². The Kier molecular flexibility index (Phi) is 3.04. The normalized spacial score (nSPS) is 29.2. The number of likely N-dealkylation sites (tertiary alicyclic amines) is 1. The second kappa shape index (κ2) is 4.10. The smallest absolute Gasteiger partial charge is 0.410 e. The third-order valence-corrected chi connectivity index (χ3v) is 4.10. The van der Waals surface area contributed by atoms with Gasteiger partial charge in [0, 0.05) is 18.5 Å². The van der Waals surface area contributed by atoms with Crippen LogP contribution < -0.4 is 5.73 Å². The Bertz CT molecular complexity index is 411. The topological polar surface area (TPSA) is 92.9 Å². The lowest BCUT2D eigenvalue weighted by atomic mass is 9.75. The average molecular weight is 270 g/mol. The zero-order valence-corrected chi connectivity index (χ0v) is 11.7. The van der Waals surface area contributed by atoms with E-state index in [4.69, 9.17) is 10.5 Å². The predicted molar refractivity (Wildman–Crippen MR) is 68.6 cm³/mol. The first-order valence-corrected chi connectivity index (χ1v) is 6.60. The highest BCUT2D eigenvalue weighted by atomic mass is 16.6. The highest BCUT2D eigenvalue weighted by molar-refractivity contribution is 5.81. The monoisotopic (exact) mass is 270 g/mol. The second-order valence-electron chi connectivity index (χ2n) is 6.71. The minimum atomic E-state index is -1.20. The summed E-state index contributed by atoms with van der Waals surface area (Å²) in [5, 5.41) is 9.32. The van der Waals surface area contributed by atoms with Gasteiger partial charge >= 0.3 is 12.1 Å². The maximum Gasteiger partial charge on any atom is 0.410 e. The first-order valence-electron chi connectivity index (χ1n) is 6.60. The van der Waals surface area contributed by atoms with Crippen LogP contribution in [0.5, 0.6) is 0 Å². The maximum absolute atomic E-state index is 12.0. The molecule has 2 fully saturated rings. The molecule has 19 heavy (non-hydrogen) atoms. The van der Waals surface area contributed by atoms with E-state index >= 15 is 0 Å². The van der Waals surface area contributed by atoms with Gasteiger partial charge in [-0.1, -0.05) is 0 Å². The van der Waals surface area contributed by atoms with Crippen molar-refractivity contribution in [2.45, 2.75) is 51.2 Å². The van der Waals surface area contributed by atoms with Crippen molar-refractivity contribution in [2.24, 2.45) is 11.1 Å². The first kappa shape index (κ1) is 14.1. The quantitative estimate of drug-likeness (QED) is 0.746. The number of hydrogen-bond donors (Lipinski definition) is 2. The Morgan fingerprint density at radius 3 is 2.26 bits per heavy atom. The van der Waals surface area contributed by atoms with Crippen LogP contribution in [0.4, 0.5) is 4.79 Å². The fourth-order valence-corrected chi connectivity index (χ4v) is 2.73. The van der Waals surface area contributed by atoms with Gasteiger partial charge in [-0.15, -0.1) is 0 Å². The molecule has 1 aliphatic heterocycles. The fourth-order valence-electron chi connectivity index (χ4n) is 2.73. The van der Waals surface area contributed by atoms with Gasteiger partial charge in [-0.25, -0.2) is 4.79 Å². The summed E-state index contributed by atoms with van der Waals surface area (Å²) >= 11 is 0. The zero-order chi connectivity index (χ0) is 14.5. The van der Waals surface area contributed by atoms with Crippen LogP contribution in [0.15, 0.2) is 0 Å². The van der Waals surface area contributed by atoms with Crippen molar-refractivity contribution in [3.63, 3.8) is 0 Å². The van der Waals surface area contributed by atoms with Gasteiger partial charge in [0.25, 0.3) is 0 Å². The number of hydrogen-bond acceptors (Lipinski definition) is 4. The van der Waals surface area contributed by atoms with Gasteiger partial charge in [0.1, 0.15) is 11.1 Å². The molecule has 6 heteroatoms. The molecular formula is C13H22N2O4. The number of aliphatic carboxylic acids is 1. The van der Waals surface area contributed by atoms with Crippen molar-refractivity contribution in [3.05, 3.63) is 0 Å². The second-order valence-corrected chi connectivity index (χ2v) is 6.71. The molecule has 1 heterocycles. The number of piperidine rings is 1. The van der Waals surface area contributed by atoms with Crippen molar-refractivity contribution in [3.8, 4) is 0 Å². The van der Waals surface area contributed by atoms with E-state index in [-0.39, 0.29) is 12.5 Å². The number of carbonyl (C=O) groups is 2. The van der Waals surface area contributed by atoms with E-state index in [2.05, 4.69) is 0 Å². The van der Waals surface area contributed by atoms with E-state index in [1.165, 1.54) is 0 Å². The summed E-state index contributed by atoms with van der Waals surface area (Å²) in [6.45, 7) is 6.15. The molecule has 0 aromatic heterocycles. The summed E-state index contributed by atoms with van der Waals surface area (Å²) in [6.07, 6.45) is 1.41. The van der Waals surface area contributed by atoms with Gasteiger partial charge in [0.05, 0.1) is 0 Å². The molecule has 3 N–H and O–H groups in total. The van der Waals surface area contributed by atoms with E-state index in [0.717, 1.165) is 12.8 Å². The minimum Gasteiger partial charge on any atom is -0.480 e. The Morgan fingerprint density at radius 1 is 1.26 bits per heavy atom. The Hall–Kier alpha value is -1.30. The van der Waals surface area contributed by atoms with Crippen LogP contribution in [0.2, 0.25) is 0 Å². The number of nitrogens with two attached hydrogens (primary N) is 1. The molecule has 0 aromatic carbocycles. The lowest BCUT2D eigenvalue weighted by Gasteiger charge is -2.43. The van der Waals surface area contributed by atoms with Crippen molar-refractivity contribution in [1.82, 2.24) is 4.90 Å². The summed E-state index contributed by atoms with van der Waals surface area (Å²) in [7, 11) is 0. The molecule has 2 rings (SSSR count). The molecule has 1 aliphatic carbocycles. The number of ether oxygens (including phenoxy) is 1. The van der Waals surface area contributed by atoms with Gasteiger partial charge in [-0.3, -0.25) is 4.79 Å². The lowest BCUT2D eigenvalue weighted by Crippen LogP contribution is -2.64. The van der Waals surface area contributed by atoms with E-state index in [1.807, 2.05) is 20.8 Å². The van der Waals surface area contributed by atoms with Crippen molar-refractivity contribution >= 4 is 12.1 Å². The van der Waals surface area contributed by atoms with Crippen molar-refractivity contribution in [1.29, 1.82) is 0 Å². The largest absolute Gasteiger partial charge is 0.480 e. The molecule has 108 valence electrons. The molecule has 1 saturated carbocycles. The number of nitrogens with zero attached hydrogens (tertiary/aromatic N) is 1. The summed E-state index contributed by atoms with van der Waals surface area (Å²) in [6, 6.07) is 0. The summed E-state index contributed by atoms with van der Waals surface area (Å²) in [4.78, 5) is 25.0. The lowest BCUT2D eigenvalue weighted by molar-refractivity contribution is -0.149. The van der Waals surface area contributed by atoms with Crippen LogP contribution in [0, 0.1) is 5.41 Å². The molecule has 1 spiro atoms. The summed E-state index contributed by atoms with van der Waals surface area (Å²) < 4.78 is 5.33. The van der Waals surface area contributed by atoms with Gasteiger partial charge < -0.3 is 20.5 Å². The maximum atomic E-state index is 12.0. The highest BCUT2D eigenvalue weighted by Gasteiger charge is 2.64. The van der Waals surface area contributed by atoms with Crippen molar-refractivity contribution in [2.75, 3.05) is 13.1 Å². The van der Waals surface area contributed by atoms with Gasteiger partial charge in [-0.05, 0) is 40.0 Å². The standard InChI is InChI=1S/C13H22N2O4/c1-11(2,3)19-10(18)15-7-6-13(14,9(16)17)12(8-15)4-5-12/h4-8,14H2,1-3H3,(H,16,17). The molecular weight excluding hydrogens is 248 g/mol. The number of rotatable bonds is 1. The number of carbonyl (C=O) groups excluding carboxylic acids is 1. The van der Waals surface area contributed by atoms with Crippen LogP contribution in [0.25, 0.3) is 0 Å². The fraction of sp³-hybridized carbons (Fsp3) is 0.846. The van der Waals surface area contributed by atoms with E-state index in [0.29, 0.717) is 13.1 Å². The van der Waals surface area contributed by atoms with Gasteiger partial charge in [0.2, 0.25) is 0 Å². The number of carboxylic acid groups (broad SMARTS) is 1. The molecule has 2 aliphatic rings. The van der Waals surface area contributed by atoms with Crippen LogP contribution >= 0.6 is 0 Å². The van der Waals surface area contributed by atoms with Crippen LogP contribution in [0.3, 0.4) is 0 Å². The number of amides is 1. The molecule has 0 aromatic rings. The first-order chi connectivity index (χ1) is 8.60. The Balaban J connectivity index is 2.08. The van der Waals surface area contributed by atoms with Gasteiger partial charge in [0.15, 0.2) is 0 Å². The molecule has 1 atom stereocenters. The van der Waals surface area contributed by atoms with Crippen LogP contribution in [-0.4, -0.2) is 46.3 Å². The highest BCUT2D eigenvalue weighted by Crippen LogP contribution is 2.56. The molecule has 1 unspecified atom stereocenters. The molecule has 6 nitrogen and oxygen atoms in total. The Morgan fingerprint density at radius 2 is 1.84 bits per heavy atom. The zero-order valence-electron chi connectivity index (χ0n) is 11.7. The predicted octanol–water partition coefficient (Wildman–Crippen LogP) is 1.19. The van der Waals surface area contributed by atoms with E-state index < -0.39 is 22.5 Å².